The van der Waals surface area contributed by atoms with E-state index < -0.39 is 0 Å². The minimum Gasteiger partial charge on any atom is -0.353 e. The van der Waals surface area contributed by atoms with Crippen molar-refractivity contribution in [3.8, 4) is 0 Å². The van der Waals surface area contributed by atoms with Crippen molar-refractivity contribution in [3.63, 3.8) is 0 Å². The van der Waals surface area contributed by atoms with Crippen molar-refractivity contribution in [2.24, 2.45) is 0 Å². The van der Waals surface area contributed by atoms with E-state index in [1.165, 1.54) is 5.56 Å². The van der Waals surface area contributed by atoms with E-state index in [9.17, 15) is 9.59 Å². The van der Waals surface area contributed by atoms with Crippen LogP contribution in [0.2, 0.25) is 0 Å². The Hall–Kier alpha value is -1.49. The highest BCUT2D eigenvalue weighted by molar-refractivity contribution is 7.98. The molecule has 0 saturated carbocycles. The highest BCUT2D eigenvalue weighted by Gasteiger charge is 2.26. The molecule has 2 amide bonds. The Morgan fingerprint density at radius 3 is 2.84 bits per heavy atom. The van der Waals surface area contributed by atoms with E-state index in [0.29, 0.717) is 19.4 Å². The van der Waals surface area contributed by atoms with Gasteiger partial charge in [0.25, 0.3) is 0 Å². The summed E-state index contributed by atoms with van der Waals surface area (Å²) in [7, 11) is 0. The van der Waals surface area contributed by atoms with E-state index >= 15 is 0 Å². The van der Waals surface area contributed by atoms with Crippen LogP contribution in [0.5, 0.6) is 0 Å². The molecule has 2 rings (SSSR count). The fourth-order valence-electron chi connectivity index (χ4n) is 1.94. The summed E-state index contributed by atoms with van der Waals surface area (Å²) >= 11 is 1.79. The van der Waals surface area contributed by atoms with Crippen molar-refractivity contribution in [2.45, 2.75) is 24.6 Å². The fourth-order valence-corrected chi connectivity index (χ4v) is 2.76. The van der Waals surface area contributed by atoms with Gasteiger partial charge in [0.15, 0.2) is 0 Å². The van der Waals surface area contributed by atoms with Gasteiger partial charge in [0.1, 0.15) is 6.04 Å². The molecule has 2 N–H and O–H groups in total. The van der Waals surface area contributed by atoms with Crippen molar-refractivity contribution in [1.82, 2.24) is 10.6 Å². The number of carbonyl (C=O) groups excluding carboxylic acids is 2. The van der Waals surface area contributed by atoms with Crippen LogP contribution in [0, 0.1) is 0 Å². The molecule has 1 saturated heterocycles. The topological polar surface area (TPSA) is 58.2 Å². The van der Waals surface area contributed by atoms with Gasteiger partial charge in [-0.05, 0) is 12.0 Å². The van der Waals surface area contributed by atoms with E-state index in [2.05, 4.69) is 22.8 Å². The van der Waals surface area contributed by atoms with Gasteiger partial charge < -0.3 is 10.6 Å². The molecule has 1 atom stereocenters. The number of carbonyl (C=O) groups is 2. The molecule has 0 aliphatic carbocycles. The average molecular weight is 278 g/mol. The van der Waals surface area contributed by atoms with Crippen LogP contribution in [0.25, 0.3) is 0 Å². The average Bonchev–Trinajstić information content (AvgIpc) is 2.86. The molecule has 0 aromatic heterocycles. The lowest BCUT2D eigenvalue weighted by Gasteiger charge is -2.10. The molecule has 102 valence electrons. The Morgan fingerprint density at radius 1 is 1.37 bits per heavy atom. The molecule has 5 heteroatoms. The van der Waals surface area contributed by atoms with Crippen LogP contribution in [0.1, 0.15) is 18.4 Å². The largest absolute Gasteiger partial charge is 0.353 e. The van der Waals surface area contributed by atoms with Crippen LogP contribution in [0.4, 0.5) is 0 Å². The first-order chi connectivity index (χ1) is 9.25. The number of nitrogens with one attached hydrogen (secondary N) is 2. The molecular formula is C14H18N2O2S. The maximum atomic E-state index is 11.7. The summed E-state index contributed by atoms with van der Waals surface area (Å²) in [5.74, 6) is 1.74. The van der Waals surface area contributed by atoms with E-state index in [4.69, 9.17) is 0 Å². The van der Waals surface area contributed by atoms with Crippen molar-refractivity contribution in [2.75, 3.05) is 12.3 Å². The number of hydrogen-bond donors (Lipinski definition) is 2. The lowest BCUT2D eigenvalue weighted by atomic mass is 10.2. The summed E-state index contributed by atoms with van der Waals surface area (Å²) in [6.07, 6.45) is 1.07. The van der Waals surface area contributed by atoms with Gasteiger partial charge in [0.2, 0.25) is 11.8 Å². The number of amides is 2. The Kier molecular flexibility index (Phi) is 5.27. The smallest absolute Gasteiger partial charge is 0.242 e. The van der Waals surface area contributed by atoms with Crippen LogP contribution in [-0.2, 0) is 15.3 Å². The minimum absolute atomic E-state index is 0.0291. The van der Waals surface area contributed by atoms with Crippen LogP contribution in [0.3, 0.4) is 0 Å². The highest BCUT2D eigenvalue weighted by atomic mass is 32.2. The molecule has 1 aliphatic rings. The molecule has 0 unspecified atom stereocenters. The van der Waals surface area contributed by atoms with Crippen LogP contribution >= 0.6 is 11.8 Å². The van der Waals surface area contributed by atoms with Crippen molar-refractivity contribution >= 4 is 23.6 Å². The highest BCUT2D eigenvalue weighted by Crippen LogP contribution is 2.11. The first-order valence-electron chi connectivity index (χ1n) is 6.44. The van der Waals surface area contributed by atoms with Crippen LogP contribution in [0.15, 0.2) is 30.3 Å². The molecule has 1 aromatic rings. The maximum absolute atomic E-state index is 11.7. The lowest BCUT2D eigenvalue weighted by Crippen LogP contribution is -2.42. The van der Waals surface area contributed by atoms with E-state index in [1.807, 2.05) is 18.2 Å². The summed E-state index contributed by atoms with van der Waals surface area (Å²) in [6, 6.07) is 9.93. The molecule has 19 heavy (non-hydrogen) atoms. The molecule has 1 aliphatic heterocycles. The van der Waals surface area contributed by atoms with E-state index in [-0.39, 0.29) is 17.9 Å². The number of thioether (sulfide) groups is 1. The minimum atomic E-state index is -0.327. The summed E-state index contributed by atoms with van der Waals surface area (Å²) in [5, 5.41) is 5.52. The molecule has 4 nitrogen and oxygen atoms in total. The predicted octanol–water partition coefficient (Wildman–Crippen LogP) is 1.31. The van der Waals surface area contributed by atoms with Gasteiger partial charge in [-0.2, -0.15) is 11.8 Å². The molecule has 0 spiro atoms. The predicted molar refractivity (Wildman–Crippen MR) is 76.8 cm³/mol. The van der Waals surface area contributed by atoms with E-state index in [1.54, 1.807) is 11.8 Å². The second-order valence-corrected chi connectivity index (χ2v) is 5.59. The second kappa shape index (κ2) is 7.19. The van der Waals surface area contributed by atoms with Gasteiger partial charge in [-0.1, -0.05) is 30.3 Å². The maximum Gasteiger partial charge on any atom is 0.242 e. The zero-order valence-corrected chi connectivity index (χ0v) is 11.5. The van der Waals surface area contributed by atoms with Gasteiger partial charge in [-0.15, -0.1) is 0 Å². The first-order valence-corrected chi connectivity index (χ1v) is 7.60. The summed E-state index contributed by atoms with van der Waals surface area (Å²) in [5.41, 5.74) is 1.29. The summed E-state index contributed by atoms with van der Waals surface area (Å²) in [6.45, 7) is 0.642. The third-order valence-corrected chi connectivity index (χ3v) is 4.00. The molecular weight excluding hydrogens is 260 g/mol. The zero-order valence-electron chi connectivity index (χ0n) is 10.7. The van der Waals surface area contributed by atoms with Crippen molar-refractivity contribution < 1.29 is 9.59 Å². The third kappa shape index (κ3) is 4.59. The first kappa shape index (κ1) is 13.9. The number of rotatable bonds is 6. The van der Waals surface area contributed by atoms with Crippen molar-refractivity contribution in [3.05, 3.63) is 35.9 Å². The zero-order chi connectivity index (χ0) is 13.5. The molecule has 1 aromatic carbocycles. The van der Waals surface area contributed by atoms with Crippen molar-refractivity contribution in [1.29, 1.82) is 0 Å². The number of benzene rings is 1. The third-order valence-electron chi connectivity index (χ3n) is 2.97. The summed E-state index contributed by atoms with van der Waals surface area (Å²) in [4.78, 5) is 22.7. The molecule has 0 bridgehead atoms. The normalized spacial score (nSPS) is 18.1. The van der Waals surface area contributed by atoms with Crippen LogP contribution in [-0.4, -0.2) is 30.2 Å². The number of hydrogen-bond acceptors (Lipinski definition) is 3. The molecule has 1 fully saturated rings. The van der Waals surface area contributed by atoms with Gasteiger partial charge in [0.05, 0.1) is 0 Å². The fraction of sp³-hybridized carbons (Fsp3) is 0.429. The Bertz CT molecular complexity index is 436. The molecule has 1 heterocycles. The lowest BCUT2D eigenvalue weighted by molar-refractivity contribution is -0.125. The second-order valence-electron chi connectivity index (χ2n) is 4.49. The van der Waals surface area contributed by atoms with Crippen LogP contribution < -0.4 is 10.6 Å². The van der Waals surface area contributed by atoms with Gasteiger partial charge >= 0.3 is 0 Å². The molecule has 0 radical (unpaired) electrons. The van der Waals surface area contributed by atoms with E-state index in [0.717, 1.165) is 11.5 Å². The standard InChI is InChI=1S/C14H18N2O2S/c17-13-7-6-12(16-13)14(18)15-8-9-19-10-11-4-2-1-3-5-11/h1-5,12H,6-10H2,(H,15,18)(H,16,17)/t12-/m1/s1. The Balaban J connectivity index is 1.57. The van der Waals surface area contributed by atoms with Gasteiger partial charge in [-0.3, -0.25) is 9.59 Å². The summed E-state index contributed by atoms with van der Waals surface area (Å²) < 4.78 is 0. The monoisotopic (exact) mass is 278 g/mol. The quantitative estimate of drug-likeness (QED) is 0.772. The van der Waals surface area contributed by atoms with Gasteiger partial charge in [-0.25, -0.2) is 0 Å². The Labute approximate surface area is 117 Å². The Morgan fingerprint density at radius 2 is 2.16 bits per heavy atom. The SMILES string of the molecule is O=C1CC[C@H](C(=O)NCCSCc2ccccc2)N1. The van der Waals surface area contributed by atoms with Gasteiger partial charge in [0, 0.05) is 24.5 Å².